The normalized spacial score (nSPS) is 19.5. The summed E-state index contributed by atoms with van der Waals surface area (Å²) in [5.74, 6) is -0.931. The lowest BCUT2D eigenvalue weighted by molar-refractivity contribution is 0.0179. The number of benzene rings is 4. The van der Waals surface area contributed by atoms with E-state index in [-0.39, 0.29) is 34.8 Å². The third kappa shape index (κ3) is 4.62. The zero-order valence-electron chi connectivity index (χ0n) is 21.3. The largest absolute Gasteiger partial charge is 0.504 e. The Morgan fingerprint density at radius 3 is 2.26 bits per heavy atom. The van der Waals surface area contributed by atoms with E-state index in [1.165, 1.54) is 6.07 Å². The van der Waals surface area contributed by atoms with Crippen LogP contribution in [0.25, 0.3) is 6.08 Å². The summed E-state index contributed by atoms with van der Waals surface area (Å²) in [4.78, 5) is 0. The van der Waals surface area contributed by atoms with Crippen molar-refractivity contribution < 1.29 is 25.2 Å². The predicted molar refractivity (Wildman–Crippen MR) is 149 cm³/mol. The van der Waals surface area contributed by atoms with Crippen molar-refractivity contribution in [1.29, 1.82) is 0 Å². The molecule has 0 saturated heterocycles. The highest BCUT2D eigenvalue weighted by Crippen LogP contribution is 2.49. The van der Waals surface area contributed by atoms with Gasteiger partial charge in [0.1, 0.15) is 0 Å². The van der Waals surface area contributed by atoms with E-state index < -0.39 is 5.72 Å². The molecule has 0 spiro atoms. The number of fused-ring (bicyclic) bond motifs is 2. The van der Waals surface area contributed by atoms with Crippen LogP contribution < -0.4 is 15.4 Å². The lowest BCUT2D eigenvalue weighted by Gasteiger charge is -2.42. The highest BCUT2D eigenvalue weighted by atomic mass is 16.5. The number of ether oxygens (including phenoxy) is 1. The first kappa shape index (κ1) is 24.7. The monoisotopic (exact) mass is 522 g/mol. The average molecular weight is 523 g/mol. The van der Waals surface area contributed by atoms with E-state index in [2.05, 4.69) is 10.6 Å². The Hall–Kier alpha value is -4.62. The molecule has 2 aliphatic heterocycles. The first-order valence-corrected chi connectivity index (χ1v) is 13.0. The summed E-state index contributed by atoms with van der Waals surface area (Å²) >= 11 is 0. The molecule has 0 aromatic heterocycles. The van der Waals surface area contributed by atoms with Crippen molar-refractivity contribution in [3.05, 3.63) is 118 Å². The Morgan fingerprint density at radius 1 is 0.821 bits per heavy atom. The van der Waals surface area contributed by atoms with E-state index in [0.29, 0.717) is 31.4 Å². The van der Waals surface area contributed by atoms with Crippen LogP contribution in [-0.2, 0) is 25.0 Å². The molecule has 198 valence electrons. The first-order valence-electron chi connectivity index (χ1n) is 13.0. The van der Waals surface area contributed by atoms with Gasteiger partial charge in [0.2, 0.25) is 5.75 Å². The van der Waals surface area contributed by atoms with Crippen molar-refractivity contribution in [2.24, 2.45) is 0 Å². The second kappa shape index (κ2) is 9.93. The van der Waals surface area contributed by atoms with Gasteiger partial charge in [-0.05, 0) is 65.6 Å². The van der Waals surface area contributed by atoms with Gasteiger partial charge in [-0.2, -0.15) is 0 Å². The van der Waals surface area contributed by atoms with Gasteiger partial charge in [0.15, 0.2) is 28.7 Å². The maximum Gasteiger partial charge on any atom is 0.201 e. The zero-order valence-corrected chi connectivity index (χ0v) is 21.3. The second-order valence-corrected chi connectivity index (χ2v) is 10.1. The summed E-state index contributed by atoms with van der Waals surface area (Å²) in [6.45, 7) is 0.539. The maximum atomic E-state index is 11.3. The highest BCUT2D eigenvalue weighted by molar-refractivity contribution is 5.69. The molecule has 0 aliphatic carbocycles. The molecular weight excluding hydrogens is 492 g/mol. The molecule has 2 atom stereocenters. The van der Waals surface area contributed by atoms with Gasteiger partial charge in [-0.1, -0.05) is 60.7 Å². The number of hydrogen-bond acceptors (Lipinski definition) is 7. The van der Waals surface area contributed by atoms with Crippen LogP contribution in [0.5, 0.6) is 28.7 Å². The number of rotatable bonds is 6. The van der Waals surface area contributed by atoms with Gasteiger partial charge in [-0.25, -0.2) is 0 Å². The van der Waals surface area contributed by atoms with E-state index >= 15 is 0 Å². The van der Waals surface area contributed by atoms with Crippen molar-refractivity contribution in [2.75, 3.05) is 6.54 Å². The van der Waals surface area contributed by atoms with Crippen LogP contribution >= 0.6 is 0 Å². The summed E-state index contributed by atoms with van der Waals surface area (Å²) in [7, 11) is 0. The zero-order chi connectivity index (χ0) is 27.0. The summed E-state index contributed by atoms with van der Waals surface area (Å²) in [5.41, 5.74) is 3.81. The molecular formula is C32H30N2O5. The second-order valence-electron chi connectivity index (χ2n) is 10.1. The molecule has 2 unspecified atom stereocenters. The molecule has 2 heterocycles. The summed E-state index contributed by atoms with van der Waals surface area (Å²) in [6.07, 6.45) is 5.29. The van der Waals surface area contributed by atoms with Crippen LogP contribution in [0.4, 0.5) is 0 Å². The Morgan fingerprint density at radius 2 is 1.51 bits per heavy atom. The topological polar surface area (TPSA) is 114 Å². The Balaban J connectivity index is 1.52. The van der Waals surface area contributed by atoms with Gasteiger partial charge in [0, 0.05) is 24.1 Å². The number of aromatic hydroxyl groups is 4. The molecule has 39 heavy (non-hydrogen) atoms. The minimum Gasteiger partial charge on any atom is -0.504 e. The van der Waals surface area contributed by atoms with Gasteiger partial charge < -0.3 is 30.5 Å². The van der Waals surface area contributed by atoms with Crippen LogP contribution in [0.2, 0.25) is 0 Å². The van der Waals surface area contributed by atoms with Crippen LogP contribution in [0, 0.1) is 0 Å². The minimum atomic E-state index is -1.21. The van der Waals surface area contributed by atoms with Gasteiger partial charge in [0.05, 0.1) is 6.04 Å². The molecule has 0 amide bonds. The third-order valence-corrected chi connectivity index (χ3v) is 7.51. The molecule has 0 radical (unpaired) electrons. The third-order valence-electron chi connectivity index (χ3n) is 7.51. The number of phenolic OH excluding ortho intramolecular Hbond substituents is 4. The lowest BCUT2D eigenvalue weighted by atomic mass is 9.85. The van der Waals surface area contributed by atoms with Crippen molar-refractivity contribution in [1.82, 2.24) is 10.6 Å². The van der Waals surface area contributed by atoms with E-state index in [0.717, 1.165) is 27.8 Å². The molecule has 7 heteroatoms. The Labute approximate surface area is 226 Å². The van der Waals surface area contributed by atoms with Crippen molar-refractivity contribution in [3.63, 3.8) is 0 Å². The molecule has 7 nitrogen and oxygen atoms in total. The standard InChI is InChI=1S/C32H30N2O5/c35-26-16-22-12-14-34-32(24(22)18-27(26)36,19-21-9-5-2-6-10-21)39-31-29-23(17-28(37)30(31)38)11-13-33-25(29)15-20-7-3-1-4-8-20/h1-11,13,16-18,25,33-38H,12,14-15,19H2. The molecule has 4 aromatic rings. The summed E-state index contributed by atoms with van der Waals surface area (Å²) < 4.78 is 6.86. The molecule has 0 saturated carbocycles. The smallest absolute Gasteiger partial charge is 0.201 e. The highest BCUT2D eigenvalue weighted by Gasteiger charge is 2.42. The number of nitrogens with one attached hydrogen (secondary N) is 2. The molecule has 6 N–H and O–H groups in total. The van der Waals surface area contributed by atoms with Crippen molar-refractivity contribution >= 4 is 6.08 Å². The van der Waals surface area contributed by atoms with Crippen LogP contribution in [0.3, 0.4) is 0 Å². The van der Waals surface area contributed by atoms with Crippen LogP contribution in [0.15, 0.2) is 85.1 Å². The van der Waals surface area contributed by atoms with E-state index in [9.17, 15) is 20.4 Å². The fourth-order valence-corrected chi connectivity index (χ4v) is 5.66. The fourth-order valence-electron chi connectivity index (χ4n) is 5.66. The SMILES string of the molecule is Oc1cc2c(cc1O)C(Cc1ccccc1)(Oc1c(O)c(O)cc3c1C(Cc1ccccc1)NC=C3)NCC2. The molecule has 0 bridgehead atoms. The predicted octanol–water partition coefficient (Wildman–Crippen LogP) is 4.99. The fraction of sp³-hybridized carbons (Fsp3) is 0.188. The summed E-state index contributed by atoms with van der Waals surface area (Å²) in [5, 5.41) is 49.6. The first-order chi connectivity index (χ1) is 18.9. The van der Waals surface area contributed by atoms with Crippen molar-refractivity contribution in [3.8, 4) is 28.7 Å². The lowest BCUT2D eigenvalue weighted by Crippen LogP contribution is -2.53. The van der Waals surface area contributed by atoms with Crippen molar-refractivity contribution in [2.45, 2.75) is 31.0 Å². The number of phenols is 4. The van der Waals surface area contributed by atoms with Gasteiger partial charge in [0.25, 0.3) is 0 Å². The summed E-state index contributed by atoms with van der Waals surface area (Å²) in [6, 6.07) is 24.2. The maximum absolute atomic E-state index is 11.3. The van der Waals surface area contributed by atoms with E-state index in [1.807, 2.05) is 72.9 Å². The molecule has 0 fully saturated rings. The van der Waals surface area contributed by atoms with Crippen LogP contribution in [0.1, 0.15) is 39.4 Å². The van der Waals surface area contributed by atoms with Gasteiger partial charge in [-0.15, -0.1) is 0 Å². The van der Waals surface area contributed by atoms with E-state index in [4.69, 9.17) is 4.74 Å². The van der Waals surface area contributed by atoms with Crippen LogP contribution in [-0.4, -0.2) is 27.0 Å². The molecule has 4 aromatic carbocycles. The number of hydrogen-bond donors (Lipinski definition) is 6. The van der Waals surface area contributed by atoms with Gasteiger partial charge in [-0.3, -0.25) is 5.32 Å². The molecule has 6 rings (SSSR count). The Bertz CT molecular complexity index is 1540. The van der Waals surface area contributed by atoms with Gasteiger partial charge >= 0.3 is 0 Å². The molecule has 2 aliphatic rings. The van der Waals surface area contributed by atoms with E-state index in [1.54, 1.807) is 12.1 Å². The average Bonchev–Trinajstić information content (AvgIpc) is 2.94. The quantitative estimate of drug-likeness (QED) is 0.198. The Kier molecular flexibility index (Phi) is 6.29. The minimum absolute atomic E-state index is 0.159.